The Labute approximate surface area is 70.7 Å². The zero-order valence-electron chi connectivity index (χ0n) is 7.68. The van der Waals surface area contributed by atoms with E-state index in [1.165, 1.54) is 38.5 Å². The van der Waals surface area contributed by atoms with Gasteiger partial charge in [0.15, 0.2) is 0 Å². The minimum Gasteiger partial charge on any atom is -0.103 e. The first-order chi connectivity index (χ1) is 5.38. The highest BCUT2D eigenvalue weighted by Gasteiger charge is 2.19. The zero-order chi connectivity index (χ0) is 8.10. The summed E-state index contributed by atoms with van der Waals surface area (Å²) in [6.45, 7) is 6.19. The standard InChI is InChI=1S/C11H20/c1-3-10(4-2)11-8-6-5-7-9-11/h3,10-11H,1,4-9H2,2H3/t10-/m1/s1. The van der Waals surface area contributed by atoms with E-state index in [1.54, 1.807) is 0 Å². The summed E-state index contributed by atoms with van der Waals surface area (Å²) in [5, 5.41) is 0. The van der Waals surface area contributed by atoms with Gasteiger partial charge in [-0.1, -0.05) is 32.3 Å². The Morgan fingerprint density at radius 2 is 2.00 bits per heavy atom. The van der Waals surface area contributed by atoms with Crippen LogP contribution in [0, 0.1) is 11.8 Å². The molecule has 0 saturated heterocycles. The molecule has 0 spiro atoms. The first-order valence-corrected chi connectivity index (χ1v) is 5.01. The van der Waals surface area contributed by atoms with Crippen LogP contribution in [0.2, 0.25) is 0 Å². The molecule has 64 valence electrons. The van der Waals surface area contributed by atoms with E-state index < -0.39 is 0 Å². The summed E-state index contributed by atoms with van der Waals surface area (Å²) in [6.07, 6.45) is 10.7. The summed E-state index contributed by atoms with van der Waals surface area (Å²) in [4.78, 5) is 0. The Hall–Kier alpha value is -0.260. The van der Waals surface area contributed by atoms with Crippen LogP contribution in [0.15, 0.2) is 12.7 Å². The van der Waals surface area contributed by atoms with Gasteiger partial charge in [0.25, 0.3) is 0 Å². The van der Waals surface area contributed by atoms with Crippen LogP contribution in [0.4, 0.5) is 0 Å². The van der Waals surface area contributed by atoms with Gasteiger partial charge in [-0.25, -0.2) is 0 Å². The van der Waals surface area contributed by atoms with Crippen LogP contribution in [0.1, 0.15) is 45.4 Å². The van der Waals surface area contributed by atoms with Gasteiger partial charge < -0.3 is 0 Å². The molecule has 0 aromatic rings. The van der Waals surface area contributed by atoms with Gasteiger partial charge in [-0.05, 0) is 31.1 Å². The van der Waals surface area contributed by atoms with Crippen LogP contribution >= 0.6 is 0 Å². The topological polar surface area (TPSA) is 0 Å². The maximum Gasteiger partial charge on any atom is -0.0210 e. The van der Waals surface area contributed by atoms with Gasteiger partial charge >= 0.3 is 0 Å². The molecule has 0 radical (unpaired) electrons. The van der Waals surface area contributed by atoms with E-state index in [2.05, 4.69) is 19.6 Å². The summed E-state index contributed by atoms with van der Waals surface area (Å²) < 4.78 is 0. The van der Waals surface area contributed by atoms with Crippen molar-refractivity contribution >= 4 is 0 Å². The molecule has 0 bridgehead atoms. The van der Waals surface area contributed by atoms with Crippen LogP contribution in [0.25, 0.3) is 0 Å². The fourth-order valence-corrected chi connectivity index (χ4v) is 2.25. The third-order valence-corrected chi connectivity index (χ3v) is 3.03. The van der Waals surface area contributed by atoms with E-state index in [1.807, 2.05) is 0 Å². The van der Waals surface area contributed by atoms with Gasteiger partial charge in [0, 0.05) is 0 Å². The molecular weight excluding hydrogens is 132 g/mol. The Kier molecular flexibility index (Phi) is 3.68. The molecule has 0 heterocycles. The number of hydrogen-bond donors (Lipinski definition) is 0. The van der Waals surface area contributed by atoms with Gasteiger partial charge in [0.1, 0.15) is 0 Å². The molecular formula is C11H20. The van der Waals surface area contributed by atoms with Gasteiger partial charge in [-0.3, -0.25) is 0 Å². The van der Waals surface area contributed by atoms with Gasteiger partial charge in [-0.2, -0.15) is 0 Å². The lowest BCUT2D eigenvalue weighted by atomic mass is 9.79. The molecule has 0 N–H and O–H groups in total. The van der Waals surface area contributed by atoms with Gasteiger partial charge in [0.05, 0.1) is 0 Å². The fraction of sp³-hybridized carbons (Fsp3) is 0.818. The second-order valence-corrected chi connectivity index (χ2v) is 3.71. The predicted molar refractivity (Wildman–Crippen MR) is 50.6 cm³/mol. The second kappa shape index (κ2) is 4.58. The van der Waals surface area contributed by atoms with E-state index in [9.17, 15) is 0 Å². The van der Waals surface area contributed by atoms with E-state index >= 15 is 0 Å². The molecule has 0 nitrogen and oxygen atoms in total. The Balaban J connectivity index is 2.35. The van der Waals surface area contributed by atoms with E-state index in [0.717, 1.165) is 11.8 Å². The van der Waals surface area contributed by atoms with Gasteiger partial charge in [-0.15, -0.1) is 6.58 Å². The SMILES string of the molecule is C=C[C@H](CC)C1CCCCC1. The number of rotatable bonds is 3. The average Bonchev–Trinajstić information content (AvgIpc) is 2.09. The van der Waals surface area contributed by atoms with Crippen molar-refractivity contribution in [2.45, 2.75) is 45.4 Å². The molecule has 1 rings (SSSR count). The maximum absolute atomic E-state index is 3.91. The van der Waals surface area contributed by atoms with Crippen molar-refractivity contribution in [2.75, 3.05) is 0 Å². The quantitative estimate of drug-likeness (QED) is 0.540. The molecule has 1 atom stereocenters. The molecule has 0 aromatic heterocycles. The van der Waals surface area contributed by atoms with Crippen molar-refractivity contribution in [1.29, 1.82) is 0 Å². The molecule has 0 unspecified atom stereocenters. The highest BCUT2D eigenvalue weighted by atomic mass is 14.2. The smallest absolute Gasteiger partial charge is 0.0210 e. The first-order valence-electron chi connectivity index (χ1n) is 5.01. The number of allylic oxidation sites excluding steroid dienone is 1. The fourth-order valence-electron chi connectivity index (χ4n) is 2.25. The predicted octanol–water partition coefficient (Wildman–Crippen LogP) is 3.78. The summed E-state index contributed by atoms with van der Waals surface area (Å²) in [7, 11) is 0. The van der Waals surface area contributed by atoms with Crippen LogP contribution < -0.4 is 0 Å². The van der Waals surface area contributed by atoms with Crippen LogP contribution in [-0.2, 0) is 0 Å². The van der Waals surface area contributed by atoms with E-state index in [0.29, 0.717) is 0 Å². The van der Waals surface area contributed by atoms with Crippen molar-refractivity contribution in [3.63, 3.8) is 0 Å². The Morgan fingerprint density at radius 3 is 2.45 bits per heavy atom. The summed E-state index contributed by atoms with van der Waals surface area (Å²) in [6, 6.07) is 0. The van der Waals surface area contributed by atoms with Gasteiger partial charge in [0.2, 0.25) is 0 Å². The third-order valence-electron chi connectivity index (χ3n) is 3.03. The lowest BCUT2D eigenvalue weighted by Gasteiger charge is -2.27. The highest BCUT2D eigenvalue weighted by molar-refractivity contribution is 4.85. The van der Waals surface area contributed by atoms with Crippen molar-refractivity contribution in [2.24, 2.45) is 11.8 Å². The molecule has 0 heteroatoms. The average molecular weight is 152 g/mol. The Morgan fingerprint density at radius 1 is 1.36 bits per heavy atom. The molecule has 1 aliphatic carbocycles. The van der Waals surface area contributed by atoms with Crippen LogP contribution in [-0.4, -0.2) is 0 Å². The van der Waals surface area contributed by atoms with E-state index in [-0.39, 0.29) is 0 Å². The lowest BCUT2D eigenvalue weighted by Crippen LogP contribution is -2.15. The first kappa shape index (κ1) is 8.83. The monoisotopic (exact) mass is 152 g/mol. The highest BCUT2D eigenvalue weighted by Crippen LogP contribution is 2.31. The summed E-state index contributed by atoms with van der Waals surface area (Å²) >= 11 is 0. The minimum atomic E-state index is 0.801. The second-order valence-electron chi connectivity index (χ2n) is 3.71. The molecule has 0 amide bonds. The zero-order valence-corrected chi connectivity index (χ0v) is 7.68. The minimum absolute atomic E-state index is 0.801. The van der Waals surface area contributed by atoms with Crippen molar-refractivity contribution in [3.8, 4) is 0 Å². The number of hydrogen-bond acceptors (Lipinski definition) is 0. The maximum atomic E-state index is 3.91. The molecule has 1 fully saturated rings. The molecule has 0 aromatic carbocycles. The lowest BCUT2D eigenvalue weighted by molar-refractivity contribution is 0.281. The summed E-state index contributed by atoms with van der Waals surface area (Å²) in [5.41, 5.74) is 0. The van der Waals surface area contributed by atoms with Crippen LogP contribution in [0.5, 0.6) is 0 Å². The molecule has 0 aliphatic heterocycles. The molecule has 11 heavy (non-hydrogen) atoms. The van der Waals surface area contributed by atoms with Crippen molar-refractivity contribution < 1.29 is 0 Å². The summed E-state index contributed by atoms with van der Waals surface area (Å²) in [5.74, 6) is 1.77. The largest absolute Gasteiger partial charge is 0.103 e. The Bertz CT molecular complexity index is 109. The van der Waals surface area contributed by atoms with E-state index in [4.69, 9.17) is 0 Å². The molecule has 1 saturated carbocycles. The van der Waals surface area contributed by atoms with Crippen molar-refractivity contribution in [1.82, 2.24) is 0 Å². The van der Waals surface area contributed by atoms with Crippen molar-refractivity contribution in [3.05, 3.63) is 12.7 Å². The molecule has 1 aliphatic rings. The normalized spacial score (nSPS) is 23.0. The third kappa shape index (κ3) is 2.36. The van der Waals surface area contributed by atoms with Crippen LogP contribution in [0.3, 0.4) is 0 Å².